The number of carbonyl (C=O) groups excluding carboxylic acids is 1. The van der Waals surface area contributed by atoms with E-state index < -0.39 is 17.9 Å². The number of ether oxygens (including phenoxy) is 2. The number of methoxy groups -OCH3 is 1. The summed E-state index contributed by atoms with van der Waals surface area (Å²) in [4.78, 5) is 23.2. The Morgan fingerprint density at radius 2 is 2.14 bits per heavy atom. The van der Waals surface area contributed by atoms with Crippen molar-refractivity contribution in [2.75, 3.05) is 13.7 Å². The molecule has 1 rings (SSSR count). The summed E-state index contributed by atoms with van der Waals surface area (Å²) in [5, 5.41) is 15.1. The van der Waals surface area contributed by atoms with Gasteiger partial charge in [0.1, 0.15) is 12.6 Å². The van der Waals surface area contributed by atoms with E-state index in [1.165, 1.54) is 13.2 Å². The van der Waals surface area contributed by atoms with Crippen LogP contribution in [0.25, 0.3) is 0 Å². The number of carboxylic acid groups (broad SMARTS) is 1. The number of amides is 1. The van der Waals surface area contributed by atoms with Gasteiger partial charge in [0, 0.05) is 26.2 Å². The van der Waals surface area contributed by atoms with E-state index in [-0.39, 0.29) is 30.9 Å². The van der Waals surface area contributed by atoms with Gasteiger partial charge in [0.2, 0.25) is 0 Å². The SMILES string of the molecule is COCc1cc(C(=O)NC(CCOC(C)(C)C)C(=O)O)no1. The molecule has 0 saturated carbocycles. The summed E-state index contributed by atoms with van der Waals surface area (Å²) < 4.78 is 15.2. The Morgan fingerprint density at radius 3 is 2.68 bits per heavy atom. The summed E-state index contributed by atoms with van der Waals surface area (Å²) in [6.07, 6.45) is 0.154. The summed E-state index contributed by atoms with van der Waals surface area (Å²) >= 11 is 0. The van der Waals surface area contributed by atoms with Crippen molar-refractivity contribution in [1.82, 2.24) is 10.5 Å². The van der Waals surface area contributed by atoms with Gasteiger partial charge in [0.15, 0.2) is 11.5 Å². The van der Waals surface area contributed by atoms with Crippen LogP contribution in [0.2, 0.25) is 0 Å². The molecule has 1 atom stereocenters. The van der Waals surface area contributed by atoms with Crippen LogP contribution in [0.1, 0.15) is 43.4 Å². The third-order valence-electron chi connectivity index (χ3n) is 2.62. The van der Waals surface area contributed by atoms with E-state index in [0.717, 1.165) is 0 Å². The number of carboxylic acids is 1. The van der Waals surface area contributed by atoms with Gasteiger partial charge < -0.3 is 24.4 Å². The maximum absolute atomic E-state index is 12.0. The molecule has 1 heterocycles. The molecular weight excluding hydrogens is 292 g/mol. The molecule has 0 aliphatic carbocycles. The normalized spacial score (nSPS) is 12.9. The van der Waals surface area contributed by atoms with Gasteiger partial charge in [-0.15, -0.1) is 0 Å². The number of hydrogen-bond donors (Lipinski definition) is 2. The van der Waals surface area contributed by atoms with Crippen molar-refractivity contribution in [3.05, 3.63) is 17.5 Å². The fraction of sp³-hybridized carbons (Fsp3) is 0.643. The van der Waals surface area contributed by atoms with Crippen LogP contribution in [-0.2, 0) is 20.9 Å². The van der Waals surface area contributed by atoms with Crippen molar-refractivity contribution in [3.8, 4) is 0 Å². The summed E-state index contributed by atoms with van der Waals surface area (Å²) in [7, 11) is 1.48. The Morgan fingerprint density at radius 1 is 1.45 bits per heavy atom. The van der Waals surface area contributed by atoms with Crippen molar-refractivity contribution in [2.24, 2.45) is 0 Å². The molecule has 0 radical (unpaired) electrons. The van der Waals surface area contributed by atoms with Gasteiger partial charge in [-0.1, -0.05) is 5.16 Å². The minimum atomic E-state index is -1.13. The van der Waals surface area contributed by atoms with Gasteiger partial charge in [-0.25, -0.2) is 4.79 Å². The number of rotatable bonds is 8. The number of hydrogen-bond acceptors (Lipinski definition) is 6. The maximum Gasteiger partial charge on any atom is 0.326 e. The molecule has 2 N–H and O–H groups in total. The highest BCUT2D eigenvalue weighted by Gasteiger charge is 2.23. The summed E-state index contributed by atoms with van der Waals surface area (Å²) in [5.41, 5.74) is -0.358. The molecule has 0 aromatic carbocycles. The van der Waals surface area contributed by atoms with Gasteiger partial charge in [0.25, 0.3) is 5.91 Å². The van der Waals surface area contributed by atoms with Crippen LogP contribution < -0.4 is 5.32 Å². The van der Waals surface area contributed by atoms with Crippen molar-refractivity contribution < 1.29 is 28.7 Å². The predicted molar refractivity (Wildman–Crippen MR) is 76.4 cm³/mol. The Labute approximate surface area is 128 Å². The number of aromatic nitrogens is 1. The molecule has 1 aromatic heterocycles. The van der Waals surface area contributed by atoms with Crippen LogP contribution in [0.5, 0.6) is 0 Å². The highest BCUT2D eigenvalue weighted by Crippen LogP contribution is 2.09. The average molecular weight is 314 g/mol. The molecule has 8 nitrogen and oxygen atoms in total. The Bertz CT molecular complexity index is 506. The zero-order valence-corrected chi connectivity index (χ0v) is 13.2. The van der Waals surface area contributed by atoms with E-state index in [2.05, 4.69) is 10.5 Å². The molecule has 22 heavy (non-hydrogen) atoms. The third-order valence-corrected chi connectivity index (χ3v) is 2.62. The van der Waals surface area contributed by atoms with Crippen LogP contribution in [0, 0.1) is 0 Å². The van der Waals surface area contributed by atoms with E-state index in [1.54, 1.807) is 0 Å². The minimum absolute atomic E-state index is 0.00930. The van der Waals surface area contributed by atoms with E-state index in [4.69, 9.17) is 19.1 Å². The molecule has 0 fully saturated rings. The second kappa shape index (κ2) is 7.90. The zero-order chi connectivity index (χ0) is 16.8. The second-order valence-electron chi connectivity index (χ2n) is 5.73. The van der Waals surface area contributed by atoms with Crippen LogP contribution >= 0.6 is 0 Å². The lowest BCUT2D eigenvalue weighted by atomic mass is 10.1. The number of nitrogens with zero attached hydrogens (tertiary/aromatic N) is 1. The molecule has 0 bridgehead atoms. The molecule has 0 aliphatic heterocycles. The van der Waals surface area contributed by atoms with Gasteiger partial charge in [-0.2, -0.15) is 0 Å². The van der Waals surface area contributed by atoms with Crippen LogP contribution in [0.3, 0.4) is 0 Å². The molecule has 0 saturated heterocycles. The van der Waals surface area contributed by atoms with Crippen LogP contribution in [0.4, 0.5) is 0 Å². The fourth-order valence-electron chi connectivity index (χ4n) is 1.60. The lowest BCUT2D eigenvalue weighted by Crippen LogP contribution is -2.42. The van der Waals surface area contributed by atoms with Crippen molar-refractivity contribution in [3.63, 3.8) is 0 Å². The number of aliphatic carboxylic acids is 1. The van der Waals surface area contributed by atoms with Gasteiger partial charge in [0.05, 0.1) is 5.60 Å². The monoisotopic (exact) mass is 314 g/mol. The van der Waals surface area contributed by atoms with Gasteiger partial charge >= 0.3 is 5.97 Å². The number of carbonyl (C=O) groups is 2. The number of nitrogens with one attached hydrogen (secondary N) is 1. The fourth-order valence-corrected chi connectivity index (χ4v) is 1.60. The Hall–Kier alpha value is -1.93. The maximum atomic E-state index is 12.0. The van der Waals surface area contributed by atoms with Crippen molar-refractivity contribution in [1.29, 1.82) is 0 Å². The standard InChI is InChI=1S/C14H22N2O6/c1-14(2,3)21-6-5-10(13(18)19)15-12(17)11-7-9(8-20-4)22-16-11/h7,10H,5-6,8H2,1-4H3,(H,15,17)(H,18,19). The Kier molecular flexibility index (Phi) is 6.51. The van der Waals surface area contributed by atoms with Crippen molar-refractivity contribution in [2.45, 2.75) is 45.4 Å². The van der Waals surface area contributed by atoms with E-state index in [9.17, 15) is 9.59 Å². The summed E-state index contributed by atoms with van der Waals surface area (Å²) in [5.74, 6) is -1.36. The summed E-state index contributed by atoms with van der Waals surface area (Å²) in [6.45, 7) is 6.01. The predicted octanol–water partition coefficient (Wildman–Crippen LogP) is 1.21. The van der Waals surface area contributed by atoms with E-state index >= 15 is 0 Å². The first kappa shape index (κ1) is 18.1. The lowest BCUT2D eigenvalue weighted by molar-refractivity contribution is -0.140. The van der Waals surface area contributed by atoms with Crippen molar-refractivity contribution >= 4 is 11.9 Å². The molecule has 1 amide bonds. The third kappa shape index (κ3) is 6.23. The molecule has 0 aliphatic rings. The van der Waals surface area contributed by atoms with Crippen LogP contribution in [0.15, 0.2) is 10.6 Å². The summed E-state index contributed by atoms with van der Waals surface area (Å²) in [6, 6.07) is 0.348. The molecule has 0 spiro atoms. The molecule has 124 valence electrons. The zero-order valence-electron chi connectivity index (χ0n) is 13.2. The first-order valence-corrected chi connectivity index (χ1v) is 6.85. The van der Waals surface area contributed by atoms with Gasteiger partial charge in [-0.3, -0.25) is 4.79 Å². The smallest absolute Gasteiger partial charge is 0.326 e. The molecular formula is C14H22N2O6. The highest BCUT2D eigenvalue weighted by atomic mass is 16.5. The quantitative estimate of drug-likeness (QED) is 0.741. The Balaban J connectivity index is 2.58. The average Bonchev–Trinajstić information content (AvgIpc) is 2.85. The first-order valence-electron chi connectivity index (χ1n) is 6.85. The first-order chi connectivity index (χ1) is 10.2. The molecule has 1 unspecified atom stereocenters. The highest BCUT2D eigenvalue weighted by molar-refractivity contribution is 5.94. The molecule has 1 aromatic rings. The van der Waals surface area contributed by atoms with Crippen LogP contribution in [-0.4, -0.2) is 47.5 Å². The van der Waals surface area contributed by atoms with E-state index in [0.29, 0.717) is 5.76 Å². The van der Waals surface area contributed by atoms with Gasteiger partial charge in [-0.05, 0) is 20.8 Å². The topological polar surface area (TPSA) is 111 Å². The van der Waals surface area contributed by atoms with E-state index in [1.807, 2.05) is 20.8 Å². The second-order valence-corrected chi connectivity index (χ2v) is 5.73. The lowest BCUT2D eigenvalue weighted by Gasteiger charge is -2.21. The molecule has 8 heteroatoms. The largest absolute Gasteiger partial charge is 0.480 e. The minimum Gasteiger partial charge on any atom is -0.480 e.